The van der Waals surface area contributed by atoms with Crippen LogP contribution in [0.2, 0.25) is 0 Å². The topological polar surface area (TPSA) is 71.4 Å². The first kappa shape index (κ1) is 25.8. The lowest BCUT2D eigenvalue weighted by molar-refractivity contribution is -0.114. The van der Waals surface area contributed by atoms with Crippen LogP contribution in [0, 0.1) is 0 Å². The number of anilines is 2. The maximum atomic E-state index is 11.4. The second-order valence-corrected chi connectivity index (χ2v) is 10.1. The summed E-state index contributed by atoms with van der Waals surface area (Å²) in [5.41, 5.74) is 5.53. The molecule has 0 spiro atoms. The smallest absolute Gasteiger partial charge is 0.221 e. The fourth-order valence-electron chi connectivity index (χ4n) is 5.39. The van der Waals surface area contributed by atoms with Crippen molar-refractivity contribution >= 4 is 28.6 Å². The molecule has 4 aromatic rings. The van der Waals surface area contributed by atoms with E-state index in [9.17, 15) is 4.79 Å². The molecule has 1 aromatic heterocycles. The fraction of sp³-hybridized carbons (Fsp3) is 0.355. The van der Waals surface area contributed by atoms with Crippen molar-refractivity contribution in [3.8, 4) is 5.75 Å². The number of methoxy groups -OCH3 is 1. The van der Waals surface area contributed by atoms with E-state index < -0.39 is 0 Å². The van der Waals surface area contributed by atoms with Crippen molar-refractivity contribution < 1.29 is 9.53 Å². The molecule has 0 atom stereocenters. The van der Waals surface area contributed by atoms with Crippen molar-refractivity contribution in [3.05, 3.63) is 83.9 Å². The van der Waals surface area contributed by atoms with Gasteiger partial charge in [0.25, 0.3) is 0 Å². The highest BCUT2D eigenvalue weighted by Gasteiger charge is 2.20. The molecular formula is C31H37N5O2. The van der Waals surface area contributed by atoms with Crippen LogP contribution >= 0.6 is 0 Å². The summed E-state index contributed by atoms with van der Waals surface area (Å²) >= 11 is 0. The molecule has 1 fully saturated rings. The van der Waals surface area contributed by atoms with Gasteiger partial charge < -0.3 is 24.8 Å². The lowest BCUT2D eigenvalue weighted by Gasteiger charge is -2.32. The molecule has 1 saturated heterocycles. The Morgan fingerprint density at radius 3 is 2.66 bits per heavy atom. The van der Waals surface area contributed by atoms with E-state index in [2.05, 4.69) is 62.6 Å². The molecule has 0 unspecified atom stereocenters. The highest BCUT2D eigenvalue weighted by Crippen LogP contribution is 2.30. The van der Waals surface area contributed by atoms with Crippen LogP contribution in [-0.2, 0) is 11.3 Å². The van der Waals surface area contributed by atoms with Gasteiger partial charge in [-0.05, 0) is 92.3 Å². The minimum atomic E-state index is -0.0264. The third-order valence-electron chi connectivity index (χ3n) is 7.33. The fourth-order valence-corrected chi connectivity index (χ4v) is 5.39. The predicted octanol–water partition coefficient (Wildman–Crippen LogP) is 5.73. The minimum Gasteiger partial charge on any atom is -0.497 e. The van der Waals surface area contributed by atoms with E-state index in [4.69, 9.17) is 9.72 Å². The van der Waals surface area contributed by atoms with Gasteiger partial charge in [-0.15, -0.1) is 0 Å². The van der Waals surface area contributed by atoms with E-state index >= 15 is 0 Å². The summed E-state index contributed by atoms with van der Waals surface area (Å²) < 4.78 is 7.67. The van der Waals surface area contributed by atoms with Crippen molar-refractivity contribution in [1.82, 2.24) is 14.5 Å². The highest BCUT2D eigenvalue weighted by molar-refractivity contribution is 5.88. The number of amides is 1. The highest BCUT2D eigenvalue weighted by atomic mass is 16.5. The lowest BCUT2D eigenvalue weighted by atomic mass is 9.89. The summed E-state index contributed by atoms with van der Waals surface area (Å²) in [6.07, 6.45) is 3.35. The lowest BCUT2D eigenvalue weighted by Crippen LogP contribution is -2.34. The van der Waals surface area contributed by atoms with E-state index in [0.29, 0.717) is 5.92 Å². The van der Waals surface area contributed by atoms with E-state index in [1.807, 2.05) is 30.3 Å². The largest absolute Gasteiger partial charge is 0.497 e. The molecule has 1 amide bonds. The van der Waals surface area contributed by atoms with Crippen LogP contribution < -0.4 is 15.4 Å². The Morgan fingerprint density at radius 2 is 1.84 bits per heavy atom. The van der Waals surface area contributed by atoms with Crippen molar-refractivity contribution in [3.63, 3.8) is 0 Å². The van der Waals surface area contributed by atoms with Crippen LogP contribution in [0.25, 0.3) is 11.0 Å². The maximum Gasteiger partial charge on any atom is 0.221 e. The zero-order chi connectivity index (χ0) is 26.3. The molecule has 0 bridgehead atoms. The number of nitrogens with one attached hydrogen (secondary N) is 2. The molecule has 7 nitrogen and oxygen atoms in total. The van der Waals surface area contributed by atoms with Crippen molar-refractivity contribution in [1.29, 1.82) is 0 Å². The third kappa shape index (κ3) is 6.34. The zero-order valence-corrected chi connectivity index (χ0v) is 22.3. The first-order valence-corrected chi connectivity index (χ1v) is 13.5. The zero-order valence-electron chi connectivity index (χ0n) is 22.3. The summed E-state index contributed by atoms with van der Waals surface area (Å²) in [6.45, 7) is 6.43. The van der Waals surface area contributed by atoms with Gasteiger partial charge in [-0.3, -0.25) is 4.79 Å². The number of hydrogen-bond donors (Lipinski definition) is 2. The van der Waals surface area contributed by atoms with Crippen LogP contribution in [-0.4, -0.2) is 53.6 Å². The number of ether oxygens (including phenoxy) is 1. The van der Waals surface area contributed by atoms with Gasteiger partial charge in [-0.1, -0.05) is 36.4 Å². The number of likely N-dealkylation sites (tertiary alicyclic amines) is 1. The number of piperidine rings is 1. The molecule has 3 aromatic carbocycles. The molecular weight excluding hydrogens is 474 g/mol. The van der Waals surface area contributed by atoms with Crippen LogP contribution in [0.3, 0.4) is 0 Å². The van der Waals surface area contributed by atoms with Gasteiger partial charge in [0.05, 0.1) is 24.7 Å². The predicted molar refractivity (Wildman–Crippen MR) is 154 cm³/mol. The van der Waals surface area contributed by atoms with Crippen LogP contribution in [0.5, 0.6) is 5.75 Å². The first-order chi connectivity index (χ1) is 18.6. The molecule has 198 valence electrons. The first-order valence-electron chi connectivity index (χ1n) is 13.5. The molecule has 0 aliphatic carbocycles. The summed E-state index contributed by atoms with van der Waals surface area (Å²) in [5, 5.41) is 6.51. The van der Waals surface area contributed by atoms with Gasteiger partial charge >= 0.3 is 0 Å². The number of hydrogen-bond acceptors (Lipinski definition) is 5. The standard InChI is InChI=1S/C31H37N5O2/c1-23(37)33-27-10-6-9-26(21-27)25-14-18-35(19-15-25)17-7-16-32-31-34-29-12-3-4-13-30(29)36(31)22-24-8-5-11-28(20-24)38-2/h3-6,8-13,20-21,25H,7,14-19,22H2,1-2H3,(H,32,34)(H,33,37). The van der Waals surface area contributed by atoms with E-state index in [0.717, 1.165) is 80.4 Å². The van der Waals surface area contributed by atoms with Crippen LogP contribution in [0.15, 0.2) is 72.8 Å². The molecule has 5 rings (SSSR count). The Kier molecular flexibility index (Phi) is 8.24. The Labute approximate surface area is 224 Å². The Bertz CT molecular complexity index is 1370. The number of carbonyl (C=O) groups excluding carboxylic acids is 1. The Hall–Kier alpha value is -3.84. The third-order valence-corrected chi connectivity index (χ3v) is 7.33. The summed E-state index contributed by atoms with van der Waals surface area (Å²) in [5.74, 6) is 2.30. The second-order valence-electron chi connectivity index (χ2n) is 10.1. The SMILES string of the molecule is COc1cccc(Cn2c(NCCCN3CCC(c4cccc(NC(C)=O)c4)CC3)nc3ccccc32)c1. The second kappa shape index (κ2) is 12.1. The quantitative estimate of drug-likeness (QED) is 0.266. The number of benzene rings is 3. The molecule has 7 heteroatoms. The summed E-state index contributed by atoms with van der Waals surface area (Å²) in [4.78, 5) is 18.8. The van der Waals surface area contributed by atoms with Gasteiger partial charge in [0.2, 0.25) is 11.9 Å². The number of carbonyl (C=O) groups is 1. The molecule has 38 heavy (non-hydrogen) atoms. The van der Waals surface area contributed by atoms with Gasteiger partial charge in [0.1, 0.15) is 5.75 Å². The molecule has 0 radical (unpaired) electrons. The Morgan fingerprint density at radius 1 is 1.03 bits per heavy atom. The average molecular weight is 512 g/mol. The average Bonchev–Trinajstić information content (AvgIpc) is 3.28. The Balaban J connectivity index is 1.14. The summed E-state index contributed by atoms with van der Waals surface area (Å²) in [6, 6.07) is 24.8. The van der Waals surface area contributed by atoms with Gasteiger partial charge in [0.15, 0.2) is 0 Å². The van der Waals surface area contributed by atoms with Gasteiger partial charge in [-0.2, -0.15) is 0 Å². The van der Waals surface area contributed by atoms with Gasteiger partial charge in [0, 0.05) is 19.2 Å². The number of fused-ring (bicyclic) bond motifs is 1. The maximum absolute atomic E-state index is 11.4. The number of para-hydroxylation sites is 2. The summed E-state index contributed by atoms with van der Waals surface area (Å²) in [7, 11) is 1.70. The molecule has 1 aliphatic rings. The molecule has 2 N–H and O–H groups in total. The van der Waals surface area contributed by atoms with Crippen LogP contribution in [0.1, 0.15) is 43.2 Å². The number of rotatable bonds is 10. The van der Waals surface area contributed by atoms with E-state index in [-0.39, 0.29) is 5.91 Å². The van der Waals surface area contributed by atoms with Crippen molar-refractivity contribution in [2.45, 2.75) is 38.6 Å². The van der Waals surface area contributed by atoms with Crippen LogP contribution in [0.4, 0.5) is 11.6 Å². The monoisotopic (exact) mass is 511 g/mol. The molecule has 1 aliphatic heterocycles. The normalized spacial score (nSPS) is 14.5. The number of aromatic nitrogens is 2. The number of imidazole rings is 1. The van der Waals surface area contributed by atoms with E-state index in [1.54, 1.807) is 14.0 Å². The van der Waals surface area contributed by atoms with Gasteiger partial charge in [-0.25, -0.2) is 4.98 Å². The minimum absolute atomic E-state index is 0.0264. The van der Waals surface area contributed by atoms with Crippen molar-refractivity contribution in [2.75, 3.05) is 43.9 Å². The number of nitrogens with zero attached hydrogens (tertiary/aromatic N) is 3. The van der Waals surface area contributed by atoms with E-state index in [1.165, 1.54) is 11.1 Å². The molecule has 2 heterocycles. The van der Waals surface area contributed by atoms with Crippen molar-refractivity contribution in [2.24, 2.45) is 0 Å². The molecule has 0 saturated carbocycles.